The Bertz CT molecular complexity index is 808. The van der Waals surface area contributed by atoms with Gasteiger partial charge in [0.25, 0.3) is 0 Å². The van der Waals surface area contributed by atoms with Crippen molar-refractivity contribution in [2.45, 2.75) is 37.6 Å². The van der Waals surface area contributed by atoms with Crippen molar-refractivity contribution in [2.75, 3.05) is 0 Å². The Morgan fingerprint density at radius 3 is 2.38 bits per heavy atom. The minimum Gasteiger partial charge on any atom is -0.207 e. The van der Waals surface area contributed by atoms with Gasteiger partial charge in [0.15, 0.2) is 0 Å². The molecule has 24 heavy (non-hydrogen) atoms. The lowest BCUT2D eigenvalue weighted by Crippen LogP contribution is -2.24. The molecule has 2 aromatic rings. The first-order chi connectivity index (χ1) is 11.3. The molecule has 0 aromatic heterocycles. The van der Waals surface area contributed by atoms with Crippen LogP contribution in [0.5, 0.6) is 0 Å². The number of benzene rings is 2. The Morgan fingerprint density at radius 2 is 1.75 bits per heavy atom. The van der Waals surface area contributed by atoms with Crippen LogP contribution in [0.25, 0.3) is 0 Å². The summed E-state index contributed by atoms with van der Waals surface area (Å²) < 4.78 is 54.1. The van der Waals surface area contributed by atoms with Gasteiger partial charge < -0.3 is 0 Å². The first-order valence-corrected chi connectivity index (χ1v) is 9.42. The Balaban J connectivity index is 2.13. The van der Waals surface area contributed by atoms with E-state index >= 15 is 0 Å². The van der Waals surface area contributed by atoms with Gasteiger partial charge in [-0.15, -0.1) is 0 Å². The molecule has 1 N–H and O–H groups in total. The van der Waals surface area contributed by atoms with Gasteiger partial charge in [0.1, 0.15) is 11.6 Å². The smallest absolute Gasteiger partial charge is 0.207 e. The summed E-state index contributed by atoms with van der Waals surface area (Å²) in [5.41, 5.74) is 0.633. The molecule has 3 nitrogen and oxygen atoms in total. The van der Waals surface area contributed by atoms with E-state index in [9.17, 15) is 17.2 Å². The van der Waals surface area contributed by atoms with Crippen LogP contribution in [0.1, 0.15) is 30.9 Å². The molecular weight excluding hydrogens is 356 g/mol. The number of sulfonamides is 1. The zero-order valence-electron chi connectivity index (χ0n) is 13.2. The summed E-state index contributed by atoms with van der Waals surface area (Å²) >= 11 is 5.59. The van der Waals surface area contributed by atoms with Crippen molar-refractivity contribution in [3.8, 4) is 0 Å². The molecule has 0 saturated heterocycles. The van der Waals surface area contributed by atoms with Crippen LogP contribution in [-0.4, -0.2) is 8.42 Å². The zero-order valence-corrected chi connectivity index (χ0v) is 14.7. The predicted octanol–water partition coefficient (Wildman–Crippen LogP) is 4.44. The van der Waals surface area contributed by atoms with E-state index in [0.29, 0.717) is 0 Å². The molecule has 0 radical (unpaired) electrons. The summed E-state index contributed by atoms with van der Waals surface area (Å²) in [5.74, 6) is -1.82. The van der Waals surface area contributed by atoms with E-state index in [-0.39, 0.29) is 9.92 Å². The average molecular weight is 374 g/mol. The van der Waals surface area contributed by atoms with Gasteiger partial charge in [0.05, 0.1) is 9.92 Å². The lowest BCUT2D eigenvalue weighted by Gasteiger charge is -2.10. The second-order valence-electron chi connectivity index (χ2n) is 5.39. The van der Waals surface area contributed by atoms with Gasteiger partial charge in [-0.2, -0.15) is 0 Å². The minimum absolute atomic E-state index is 0.0468. The number of hydrogen-bond acceptors (Lipinski definition) is 2. The maximum absolute atomic E-state index is 13.8. The molecule has 0 spiro atoms. The van der Waals surface area contributed by atoms with Crippen molar-refractivity contribution in [2.24, 2.45) is 0 Å². The van der Waals surface area contributed by atoms with Gasteiger partial charge in [-0.25, -0.2) is 21.9 Å². The van der Waals surface area contributed by atoms with E-state index in [0.717, 1.165) is 37.0 Å². The Kier molecular flexibility index (Phi) is 6.32. The Labute approximate surface area is 145 Å². The maximum atomic E-state index is 13.8. The van der Waals surface area contributed by atoms with Crippen molar-refractivity contribution < 1.29 is 17.2 Å². The monoisotopic (exact) mass is 373 g/mol. The highest BCUT2D eigenvalue weighted by atomic mass is 35.5. The highest BCUT2D eigenvalue weighted by molar-refractivity contribution is 7.89. The average Bonchev–Trinajstić information content (AvgIpc) is 2.57. The van der Waals surface area contributed by atoms with Crippen molar-refractivity contribution in [3.63, 3.8) is 0 Å². The van der Waals surface area contributed by atoms with Crippen LogP contribution in [0.15, 0.2) is 41.3 Å². The topological polar surface area (TPSA) is 46.2 Å². The molecule has 0 amide bonds. The van der Waals surface area contributed by atoms with Crippen LogP contribution in [0, 0.1) is 11.6 Å². The fraction of sp³-hybridized carbons (Fsp3) is 0.294. The molecule has 7 heteroatoms. The van der Waals surface area contributed by atoms with Crippen LogP contribution in [0.2, 0.25) is 5.02 Å². The summed E-state index contributed by atoms with van der Waals surface area (Å²) in [5, 5.41) is -0.258. The fourth-order valence-corrected chi connectivity index (χ4v) is 3.37. The zero-order chi connectivity index (χ0) is 17.7. The molecular formula is C17H18ClF2NO2S. The van der Waals surface area contributed by atoms with Crippen LogP contribution >= 0.6 is 11.6 Å². The van der Waals surface area contributed by atoms with E-state index in [2.05, 4.69) is 11.6 Å². The van der Waals surface area contributed by atoms with E-state index in [1.807, 2.05) is 0 Å². The second kappa shape index (κ2) is 8.05. The second-order valence-corrected chi connectivity index (χ2v) is 7.57. The van der Waals surface area contributed by atoms with Crippen molar-refractivity contribution in [1.82, 2.24) is 4.72 Å². The SMILES string of the molecule is CCCCc1ccc(S(=O)(=O)NCc2c(F)ccc(Cl)c2F)cc1. The fourth-order valence-electron chi connectivity index (χ4n) is 2.20. The van der Waals surface area contributed by atoms with Gasteiger partial charge in [-0.1, -0.05) is 37.1 Å². The van der Waals surface area contributed by atoms with E-state index in [1.54, 1.807) is 12.1 Å². The predicted molar refractivity (Wildman–Crippen MR) is 90.4 cm³/mol. The van der Waals surface area contributed by atoms with E-state index in [1.165, 1.54) is 12.1 Å². The van der Waals surface area contributed by atoms with Gasteiger partial charge in [0, 0.05) is 12.1 Å². The number of aryl methyl sites for hydroxylation is 1. The summed E-state index contributed by atoms with van der Waals surface area (Å²) in [6, 6.07) is 8.53. The molecule has 0 aliphatic heterocycles. The Morgan fingerprint density at radius 1 is 1.08 bits per heavy atom. The van der Waals surface area contributed by atoms with Crippen molar-refractivity contribution in [3.05, 3.63) is 64.2 Å². The standard InChI is InChI=1S/C17H18ClF2NO2S/c1-2-3-4-12-5-7-13(8-6-12)24(22,23)21-11-14-16(19)10-9-15(18)17(14)20/h5-10,21H,2-4,11H2,1H3. The molecule has 0 atom stereocenters. The number of halogens is 3. The third-order valence-corrected chi connectivity index (χ3v) is 5.34. The first-order valence-electron chi connectivity index (χ1n) is 7.56. The Hall–Kier alpha value is -1.50. The van der Waals surface area contributed by atoms with E-state index < -0.39 is 33.8 Å². The largest absolute Gasteiger partial charge is 0.240 e. The highest BCUT2D eigenvalue weighted by Gasteiger charge is 2.18. The molecule has 2 aromatic carbocycles. The normalized spacial score (nSPS) is 11.7. The maximum Gasteiger partial charge on any atom is 0.240 e. The number of unbranched alkanes of at least 4 members (excludes halogenated alkanes) is 1. The van der Waals surface area contributed by atoms with Gasteiger partial charge in [-0.3, -0.25) is 0 Å². The third kappa shape index (κ3) is 4.53. The van der Waals surface area contributed by atoms with Gasteiger partial charge in [-0.05, 0) is 42.7 Å². The molecule has 0 aliphatic rings. The molecule has 0 fully saturated rings. The lowest BCUT2D eigenvalue weighted by atomic mass is 10.1. The molecule has 0 saturated carbocycles. The summed E-state index contributed by atoms with van der Waals surface area (Å²) in [6.07, 6.45) is 2.96. The molecule has 0 unspecified atom stereocenters. The number of nitrogens with one attached hydrogen (secondary N) is 1. The summed E-state index contributed by atoms with van der Waals surface area (Å²) in [4.78, 5) is 0.0468. The number of hydrogen-bond donors (Lipinski definition) is 1. The van der Waals surface area contributed by atoms with Crippen LogP contribution in [0.3, 0.4) is 0 Å². The highest BCUT2D eigenvalue weighted by Crippen LogP contribution is 2.21. The first kappa shape index (κ1) is 18.8. The lowest BCUT2D eigenvalue weighted by molar-refractivity contribution is 0.544. The van der Waals surface area contributed by atoms with Crippen molar-refractivity contribution in [1.29, 1.82) is 0 Å². The van der Waals surface area contributed by atoms with Gasteiger partial charge >= 0.3 is 0 Å². The quantitative estimate of drug-likeness (QED) is 0.729. The minimum atomic E-state index is -3.87. The summed E-state index contributed by atoms with van der Waals surface area (Å²) in [7, 11) is -3.87. The van der Waals surface area contributed by atoms with Crippen molar-refractivity contribution >= 4 is 21.6 Å². The van der Waals surface area contributed by atoms with E-state index in [4.69, 9.17) is 11.6 Å². The van der Waals surface area contributed by atoms with Crippen LogP contribution in [0.4, 0.5) is 8.78 Å². The number of rotatable bonds is 7. The van der Waals surface area contributed by atoms with Gasteiger partial charge in [0.2, 0.25) is 10.0 Å². The molecule has 0 aliphatic carbocycles. The summed E-state index contributed by atoms with van der Waals surface area (Å²) in [6.45, 7) is 1.56. The third-order valence-electron chi connectivity index (χ3n) is 3.63. The molecule has 130 valence electrons. The van der Waals surface area contributed by atoms with Crippen LogP contribution < -0.4 is 4.72 Å². The molecule has 0 bridgehead atoms. The molecule has 2 rings (SSSR count). The molecule has 0 heterocycles. The van der Waals surface area contributed by atoms with Crippen LogP contribution in [-0.2, 0) is 23.0 Å².